The lowest BCUT2D eigenvalue weighted by atomic mass is 9.79. The van der Waals surface area contributed by atoms with Gasteiger partial charge in [0.1, 0.15) is 0 Å². The van der Waals surface area contributed by atoms with Crippen LogP contribution in [0.1, 0.15) is 88.5 Å². The first-order chi connectivity index (χ1) is 13.7. The standard InChI is InChI=1S/C25H51N3O3/c1-19(2)16-27(11)20(29)15-25(9,10)31-14-13-23(5,6)21(30)28(12)18-22(3,4)17-24(7,8)26/h19H,13-18,26H2,1-12H3. The third-order valence-corrected chi connectivity index (χ3v) is 5.39. The van der Waals surface area contributed by atoms with Crippen LogP contribution < -0.4 is 5.73 Å². The zero-order chi connectivity index (χ0) is 24.8. The van der Waals surface area contributed by atoms with Crippen LogP contribution in [0.15, 0.2) is 0 Å². The highest BCUT2D eigenvalue weighted by Gasteiger charge is 2.35. The molecule has 0 aromatic rings. The molecule has 31 heavy (non-hydrogen) atoms. The number of hydrogen-bond donors (Lipinski definition) is 1. The summed E-state index contributed by atoms with van der Waals surface area (Å²) in [4.78, 5) is 29.2. The normalized spacial score (nSPS) is 13.5. The molecule has 0 heterocycles. The van der Waals surface area contributed by atoms with Crippen LogP contribution in [0.25, 0.3) is 0 Å². The molecule has 0 unspecified atom stereocenters. The number of rotatable bonds is 13. The third kappa shape index (κ3) is 12.5. The summed E-state index contributed by atoms with van der Waals surface area (Å²) in [6, 6.07) is 0. The predicted molar refractivity (Wildman–Crippen MR) is 130 cm³/mol. The van der Waals surface area contributed by atoms with Gasteiger partial charge in [0.25, 0.3) is 0 Å². The molecule has 184 valence electrons. The van der Waals surface area contributed by atoms with E-state index in [1.807, 2.05) is 60.5 Å². The zero-order valence-corrected chi connectivity index (χ0v) is 22.5. The Morgan fingerprint density at radius 3 is 1.90 bits per heavy atom. The highest BCUT2D eigenvalue weighted by molar-refractivity contribution is 5.81. The molecule has 2 amide bonds. The summed E-state index contributed by atoms with van der Waals surface area (Å²) >= 11 is 0. The van der Waals surface area contributed by atoms with Crippen LogP contribution in [0, 0.1) is 16.7 Å². The van der Waals surface area contributed by atoms with E-state index >= 15 is 0 Å². The van der Waals surface area contributed by atoms with E-state index in [0.717, 1.165) is 13.0 Å². The molecule has 0 aliphatic heterocycles. The quantitative estimate of drug-likeness (QED) is 0.462. The molecule has 0 aliphatic rings. The average molecular weight is 442 g/mol. The summed E-state index contributed by atoms with van der Waals surface area (Å²) in [5.41, 5.74) is 4.74. The number of ether oxygens (including phenoxy) is 1. The van der Waals surface area contributed by atoms with Gasteiger partial charge in [0.15, 0.2) is 0 Å². The van der Waals surface area contributed by atoms with E-state index in [4.69, 9.17) is 10.5 Å². The highest BCUT2D eigenvalue weighted by Crippen LogP contribution is 2.30. The Bertz CT molecular complexity index is 589. The molecular formula is C25H51N3O3. The van der Waals surface area contributed by atoms with Gasteiger partial charge in [0, 0.05) is 44.7 Å². The largest absolute Gasteiger partial charge is 0.375 e. The fourth-order valence-corrected chi connectivity index (χ4v) is 4.41. The lowest BCUT2D eigenvalue weighted by Crippen LogP contribution is -2.46. The zero-order valence-electron chi connectivity index (χ0n) is 22.5. The van der Waals surface area contributed by atoms with Crippen molar-refractivity contribution < 1.29 is 14.3 Å². The van der Waals surface area contributed by atoms with Gasteiger partial charge in [-0.05, 0) is 51.9 Å². The third-order valence-electron chi connectivity index (χ3n) is 5.39. The number of carbonyl (C=O) groups excluding carboxylic acids is 2. The van der Waals surface area contributed by atoms with Gasteiger partial charge in [-0.15, -0.1) is 0 Å². The Balaban J connectivity index is 4.77. The van der Waals surface area contributed by atoms with E-state index in [0.29, 0.717) is 31.9 Å². The minimum absolute atomic E-state index is 0.0698. The van der Waals surface area contributed by atoms with Crippen molar-refractivity contribution in [3.8, 4) is 0 Å². The lowest BCUT2D eigenvalue weighted by molar-refractivity contribution is -0.144. The molecule has 0 rings (SSSR count). The van der Waals surface area contributed by atoms with Crippen molar-refractivity contribution in [2.75, 3.05) is 33.8 Å². The number of hydrogen-bond acceptors (Lipinski definition) is 4. The van der Waals surface area contributed by atoms with Gasteiger partial charge < -0.3 is 20.3 Å². The van der Waals surface area contributed by atoms with Gasteiger partial charge in [-0.2, -0.15) is 0 Å². The van der Waals surface area contributed by atoms with Crippen LogP contribution in [-0.4, -0.2) is 66.5 Å². The van der Waals surface area contributed by atoms with Crippen molar-refractivity contribution in [3.63, 3.8) is 0 Å². The molecule has 0 aromatic heterocycles. The first kappa shape index (κ1) is 29.9. The molecule has 0 aromatic carbocycles. The number of nitrogens with two attached hydrogens (primary N) is 1. The average Bonchev–Trinajstić information content (AvgIpc) is 2.49. The van der Waals surface area contributed by atoms with Gasteiger partial charge in [0.05, 0.1) is 12.0 Å². The molecule has 0 bridgehead atoms. The van der Waals surface area contributed by atoms with Crippen molar-refractivity contribution in [2.45, 2.75) is 99.6 Å². The van der Waals surface area contributed by atoms with Crippen molar-refractivity contribution >= 4 is 11.8 Å². The van der Waals surface area contributed by atoms with Crippen LogP contribution in [-0.2, 0) is 14.3 Å². The minimum atomic E-state index is -0.567. The van der Waals surface area contributed by atoms with E-state index < -0.39 is 11.0 Å². The van der Waals surface area contributed by atoms with Crippen molar-refractivity contribution in [1.29, 1.82) is 0 Å². The minimum Gasteiger partial charge on any atom is -0.375 e. The molecular weight excluding hydrogens is 390 g/mol. The summed E-state index contributed by atoms with van der Waals surface area (Å²) in [6.07, 6.45) is 1.75. The van der Waals surface area contributed by atoms with Crippen molar-refractivity contribution in [2.24, 2.45) is 22.5 Å². The maximum Gasteiger partial charge on any atom is 0.228 e. The molecule has 0 saturated heterocycles. The summed E-state index contributed by atoms with van der Waals surface area (Å²) in [7, 11) is 3.70. The van der Waals surface area contributed by atoms with Crippen LogP contribution in [0.2, 0.25) is 0 Å². The van der Waals surface area contributed by atoms with E-state index in [9.17, 15) is 9.59 Å². The van der Waals surface area contributed by atoms with Crippen LogP contribution in [0.4, 0.5) is 0 Å². The van der Waals surface area contributed by atoms with Gasteiger partial charge in [0.2, 0.25) is 11.8 Å². The summed E-state index contributed by atoms with van der Waals surface area (Å²) < 4.78 is 6.05. The maximum absolute atomic E-state index is 13.1. The Labute approximate surface area is 192 Å². The second kappa shape index (κ2) is 11.1. The van der Waals surface area contributed by atoms with Gasteiger partial charge in [-0.3, -0.25) is 9.59 Å². The number of carbonyl (C=O) groups is 2. The van der Waals surface area contributed by atoms with Crippen LogP contribution in [0.5, 0.6) is 0 Å². The molecule has 0 saturated carbocycles. The molecule has 0 atom stereocenters. The second-order valence-corrected chi connectivity index (χ2v) is 12.6. The Hall–Kier alpha value is -1.14. The van der Waals surface area contributed by atoms with Gasteiger partial charge >= 0.3 is 0 Å². The Morgan fingerprint density at radius 2 is 1.45 bits per heavy atom. The summed E-state index contributed by atoms with van der Waals surface area (Å²) in [5.74, 6) is 0.617. The van der Waals surface area contributed by atoms with Crippen molar-refractivity contribution in [1.82, 2.24) is 9.80 Å². The predicted octanol–water partition coefficient (Wildman–Crippen LogP) is 4.31. The smallest absolute Gasteiger partial charge is 0.228 e. The molecule has 6 heteroatoms. The topological polar surface area (TPSA) is 75.9 Å². The van der Waals surface area contributed by atoms with Crippen LogP contribution >= 0.6 is 0 Å². The SMILES string of the molecule is CC(C)CN(C)C(=O)CC(C)(C)OCCC(C)(C)C(=O)N(C)CC(C)(C)CC(C)(C)N. The maximum atomic E-state index is 13.1. The first-order valence-electron chi connectivity index (χ1n) is 11.6. The fraction of sp³-hybridized carbons (Fsp3) is 0.920. The van der Waals surface area contributed by atoms with E-state index in [2.05, 4.69) is 27.7 Å². The molecule has 0 aliphatic carbocycles. The summed E-state index contributed by atoms with van der Waals surface area (Å²) in [5, 5.41) is 0. The van der Waals surface area contributed by atoms with Gasteiger partial charge in [-0.1, -0.05) is 41.5 Å². The van der Waals surface area contributed by atoms with E-state index in [1.54, 1.807) is 4.90 Å². The van der Waals surface area contributed by atoms with Crippen LogP contribution in [0.3, 0.4) is 0 Å². The molecule has 0 radical (unpaired) electrons. The number of amides is 2. The van der Waals surface area contributed by atoms with E-state index in [1.165, 1.54) is 0 Å². The molecule has 0 fully saturated rings. The Kier molecular flexibility index (Phi) is 10.7. The first-order valence-corrected chi connectivity index (χ1v) is 11.6. The Morgan fingerprint density at radius 1 is 0.935 bits per heavy atom. The molecule has 0 spiro atoms. The van der Waals surface area contributed by atoms with Crippen molar-refractivity contribution in [3.05, 3.63) is 0 Å². The highest BCUT2D eigenvalue weighted by atomic mass is 16.5. The lowest BCUT2D eigenvalue weighted by Gasteiger charge is -2.38. The monoisotopic (exact) mass is 441 g/mol. The second-order valence-electron chi connectivity index (χ2n) is 12.6. The fourth-order valence-electron chi connectivity index (χ4n) is 4.41. The molecule has 2 N–H and O–H groups in total. The number of nitrogens with zero attached hydrogens (tertiary/aromatic N) is 2. The van der Waals surface area contributed by atoms with E-state index in [-0.39, 0.29) is 22.8 Å². The van der Waals surface area contributed by atoms with Gasteiger partial charge in [-0.25, -0.2) is 0 Å². The molecule has 6 nitrogen and oxygen atoms in total. The summed E-state index contributed by atoms with van der Waals surface area (Å²) in [6.45, 7) is 22.1.